The summed E-state index contributed by atoms with van der Waals surface area (Å²) in [6, 6.07) is 55.7. The summed E-state index contributed by atoms with van der Waals surface area (Å²) in [5.74, 6) is 1.34. The van der Waals surface area contributed by atoms with E-state index in [2.05, 4.69) is 189 Å². The molecule has 309 valence electrons. The van der Waals surface area contributed by atoms with E-state index in [-0.39, 0.29) is 31.9 Å². The van der Waals surface area contributed by atoms with Gasteiger partial charge in [-0.3, -0.25) is 9.83 Å². The van der Waals surface area contributed by atoms with Gasteiger partial charge in [0.25, 0.3) is 0 Å². The van der Waals surface area contributed by atoms with Crippen LogP contribution in [0.2, 0.25) is 0 Å². The molecule has 3 aromatic heterocycles. The quantitative estimate of drug-likeness (QED) is 0.142. The number of nitrogens with zero attached hydrogens (tertiary/aromatic N) is 6. The zero-order chi connectivity index (χ0) is 42.8. The van der Waals surface area contributed by atoms with Gasteiger partial charge in [0.15, 0.2) is 0 Å². The van der Waals surface area contributed by atoms with E-state index < -0.39 is 0 Å². The Kier molecular flexibility index (Phi) is 10.7. The van der Waals surface area contributed by atoms with E-state index in [9.17, 15) is 5.26 Å². The maximum absolute atomic E-state index is 10.1. The van der Waals surface area contributed by atoms with Crippen LogP contribution in [0, 0.1) is 24.0 Å². The number of benzene rings is 7. The summed E-state index contributed by atoms with van der Waals surface area (Å²) in [5.41, 5.74) is 15.3. The van der Waals surface area contributed by atoms with Crippen LogP contribution >= 0.6 is 0 Å². The molecule has 0 aliphatic heterocycles. The van der Waals surface area contributed by atoms with E-state index >= 15 is 0 Å². The van der Waals surface area contributed by atoms with Gasteiger partial charge in [-0.05, 0) is 112 Å². The van der Waals surface area contributed by atoms with E-state index in [0.717, 1.165) is 50.3 Å². The van der Waals surface area contributed by atoms with E-state index in [0.29, 0.717) is 28.7 Å². The third kappa shape index (κ3) is 6.95. The molecule has 0 spiro atoms. The van der Waals surface area contributed by atoms with Crippen molar-refractivity contribution in [1.82, 2.24) is 18.7 Å². The Bertz CT molecular complexity index is 3390. The van der Waals surface area contributed by atoms with Crippen molar-refractivity contribution in [2.75, 3.05) is 0 Å². The monoisotopic (exact) mass is 994 g/mol. The van der Waals surface area contributed by atoms with Crippen LogP contribution in [0.5, 0.6) is 0 Å². The van der Waals surface area contributed by atoms with Crippen LogP contribution in [0.15, 0.2) is 146 Å². The van der Waals surface area contributed by atoms with Crippen molar-refractivity contribution < 1.29 is 20.1 Å². The predicted octanol–water partition coefficient (Wildman–Crippen LogP) is 15.0. The predicted molar refractivity (Wildman–Crippen MR) is 255 cm³/mol. The van der Waals surface area contributed by atoms with E-state index in [1.165, 1.54) is 38.1 Å². The summed E-state index contributed by atoms with van der Waals surface area (Å²) in [7, 11) is 0. The fraction of sp³-hybridized carbons (Fsp3) is 0.161. The van der Waals surface area contributed by atoms with Gasteiger partial charge in [0.05, 0.1) is 34.5 Å². The first-order valence-corrected chi connectivity index (χ1v) is 21.4. The van der Waals surface area contributed by atoms with Crippen molar-refractivity contribution in [2.24, 2.45) is 0 Å². The Morgan fingerprint density at radius 2 is 1.17 bits per heavy atom. The molecule has 0 aliphatic rings. The molecule has 63 heavy (non-hydrogen) atoms. The Hall–Kier alpha value is -7.02. The molecule has 0 saturated heterocycles. The molecule has 6 nitrogen and oxygen atoms in total. The zero-order valence-electron chi connectivity index (χ0n) is 36.1. The fourth-order valence-corrected chi connectivity index (χ4v) is 9.27. The maximum atomic E-state index is 10.1. The number of hydrogen-bond donors (Lipinski definition) is 0. The molecule has 3 heterocycles. The molecule has 7 aromatic carbocycles. The van der Waals surface area contributed by atoms with Crippen molar-refractivity contribution in [1.29, 1.82) is 5.26 Å². The van der Waals surface area contributed by atoms with Gasteiger partial charge in [0.1, 0.15) is 17.5 Å². The molecule has 0 saturated carbocycles. The normalized spacial score (nSPS) is 11.6. The van der Waals surface area contributed by atoms with Crippen molar-refractivity contribution in [3.8, 4) is 45.6 Å². The second kappa shape index (κ2) is 16.4. The molecule has 0 fully saturated rings. The minimum absolute atomic E-state index is 0. The Morgan fingerprint density at radius 3 is 1.78 bits per heavy atom. The number of rotatable bonds is 8. The summed E-state index contributed by atoms with van der Waals surface area (Å²) < 4.78 is 6.85. The SMILES string of the molecule is [C-]#[N+]c1cc[c-]c(-c2nc(C#N)cn2-c2c(C(C)C)cc(-c3ccc4c(c3)c3cc(-n5c6ccccc6c6ccccc65)ccc3n4-c3ccc(C(C)C)cc3)cc2C(C)C)c1.[Ir]. The summed E-state index contributed by atoms with van der Waals surface area (Å²) in [6.45, 7) is 21.0. The van der Waals surface area contributed by atoms with Crippen LogP contribution in [-0.4, -0.2) is 18.7 Å². The Morgan fingerprint density at radius 1 is 0.603 bits per heavy atom. The van der Waals surface area contributed by atoms with Gasteiger partial charge in [-0.15, -0.1) is 23.8 Å². The molecule has 7 heteroatoms. The van der Waals surface area contributed by atoms with Crippen LogP contribution in [-0.2, 0) is 20.1 Å². The van der Waals surface area contributed by atoms with Gasteiger partial charge in [0.2, 0.25) is 0 Å². The molecular formula is C56H45IrN6-. The first-order valence-electron chi connectivity index (χ1n) is 21.4. The van der Waals surface area contributed by atoms with Crippen LogP contribution in [0.4, 0.5) is 5.69 Å². The van der Waals surface area contributed by atoms with Gasteiger partial charge in [-0.25, -0.2) is 0 Å². The van der Waals surface area contributed by atoms with Crippen molar-refractivity contribution in [3.05, 3.63) is 186 Å². The van der Waals surface area contributed by atoms with Crippen molar-refractivity contribution in [3.63, 3.8) is 0 Å². The largest absolute Gasteiger partial charge is 0.338 e. The molecule has 0 unspecified atom stereocenters. The van der Waals surface area contributed by atoms with E-state index in [1.54, 1.807) is 18.2 Å². The zero-order valence-corrected chi connectivity index (χ0v) is 38.5. The number of aromatic nitrogens is 4. The second-order valence-electron chi connectivity index (χ2n) is 17.2. The van der Waals surface area contributed by atoms with E-state index in [4.69, 9.17) is 11.6 Å². The molecule has 0 atom stereocenters. The number of nitriles is 1. The first-order chi connectivity index (χ1) is 30.1. The van der Waals surface area contributed by atoms with Crippen LogP contribution in [0.3, 0.4) is 0 Å². The number of hydrogen-bond acceptors (Lipinski definition) is 2. The molecule has 10 rings (SSSR count). The molecule has 1 radical (unpaired) electrons. The third-order valence-corrected chi connectivity index (χ3v) is 12.4. The molecule has 0 bridgehead atoms. The van der Waals surface area contributed by atoms with Crippen molar-refractivity contribution >= 4 is 49.3 Å². The smallest absolute Gasteiger partial charge is 0.148 e. The minimum atomic E-state index is 0. The standard InChI is InChI=1S/C56H45N6.Ir/c1-34(2)37-19-22-43(23-20-37)61-53-25-21-38(28-49(53)50-31-44(24-26-54(50)61)62-51-17-10-8-15-45(51)46-16-9-11-18-52(46)62)40-29-47(35(3)4)55(48(30-40)36(5)6)60-33-42(32-57)59-56(60)39-13-12-14-41(27-39)58-7;/h8-12,14-31,33-36H,1-6H3;/q-1;. The first kappa shape index (κ1) is 41.3. The summed E-state index contributed by atoms with van der Waals surface area (Å²) in [6.07, 6.45) is 1.82. The van der Waals surface area contributed by atoms with Crippen LogP contribution < -0.4 is 0 Å². The second-order valence-corrected chi connectivity index (χ2v) is 17.2. The van der Waals surface area contributed by atoms with Crippen LogP contribution in [0.1, 0.15) is 81.7 Å². The van der Waals surface area contributed by atoms with Crippen LogP contribution in [0.25, 0.3) is 88.0 Å². The fourth-order valence-electron chi connectivity index (χ4n) is 9.27. The Labute approximate surface area is 381 Å². The molecular weight excluding hydrogens is 949 g/mol. The van der Waals surface area contributed by atoms with Gasteiger partial charge in [0, 0.05) is 64.9 Å². The summed E-state index contributed by atoms with van der Waals surface area (Å²) in [5, 5.41) is 14.9. The van der Waals surface area contributed by atoms with Gasteiger partial charge >= 0.3 is 0 Å². The molecule has 0 aliphatic carbocycles. The minimum Gasteiger partial charge on any atom is -0.338 e. The van der Waals surface area contributed by atoms with Gasteiger partial charge in [-0.1, -0.05) is 96.1 Å². The average molecular weight is 994 g/mol. The summed E-state index contributed by atoms with van der Waals surface area (Å²) in [4.78, 5) is 8.42. The van der Waals surface area contributed by atoms with Crippen molar-refractivity contribution in [2.45, 2.75) is 59.3 Å². The van der Waals surface area contributed by atoms with Gasteiger partial charge in [-0.2, -0.15) is 11.3 Å². The number of para-hydroxylation sites is 2. The van der Waals surface area contributed by atoms with E-state index in [1.807, 2.05) is 10.8 Å². The molecule has 0 N–H and O–H groups in total. The third-order valence-electron chi connectivity index (χ3n) is 12.4. The van der Waals surface area contributed by atoms with Gasteiger partial charge < -0.3 is 13.7 Å². The molecule has 0 amide bonds. The summed E-state index contributed by atoms with van der Waals surface area (Å²) >= 11 is 0. The molecule has 10 aromatic rings. The number of imidazole rings is 1. The maximum Gasteiger partial charge on any atom is 0.148 e. The Balaban J connectivity index is 0.00000504. The number of fused-ring (bicyclic) bond motifs is 6. The average Bonchev–Trinajstić information content (AvgIpc) is 3.98. The topological polar surface area (TPSA) is 55.8 Å².